The number of hydrogen-bond acceptors (Lipinski definition) is 2. The maximum atomic E-state index is 12.4. The van der Waals surface area contributed by atoms with Crippen LogP contribution in [0.2, 0.25) is 0 Å². The molecule has 0 bridgehead atoms. The second-order valence-electron chi connectivity index (χ2n) is 7.48. The molecule has 2 aliphatic heterocycles. The molecule has 0 radical (unpaired) electrons. The highest BCUT2D eigenvalue weighted by Crippen LogP contribution is 2.45. The summed E-state index contributed by atoms with van der Waals surface area (Å²) in [5.74, 6) is 0.737. The summed E-state index contributed by atoms with van der Waals surface area (Å²) in [6.45, 7) is 0.725. The zero-order valence-corrected chi connectivity index (χ0v) is 17.0. The molecule has 29 heavy (non-hydrogen) atoms. The van der Waals surface area contributed by atoms with Crippen LogP contribution in [0.4, 0.5) is 0 Å². The third kappa shape index (κ3) is 2.97. The maximum absolute atomic E-state index is 12.4. The van der Waals surface area contributed by atoms with Crippen molar-refractivity contribution in [1.82, 2.24) is 4.90 Å². The summed E-state index contributed by atoms with van der Waals surface area (Å²) in [4.78, 5) is 3.46. The Morgan fingerprint density at radius 1 is 0.724 bits per heavy atom. The molecule has 144 valence electrons. The Morgan fingerprint density at radius 3 is 1.69 bits per heavy atom. The van der Waals surface area contributed by atoms with Gasteiger partial charge in [-0.2, -0.15) is 0 Å². The van der Waals surface area contributed by atoms with E-state index in [9.17, 15) is 4.21 Å². The van der Waals surface area contributed by atoms with Gasteiger partial charge in [-0.05, 0) is 34.8 Å². The molecule has 1 atom stereocenters. The van der Waals surface area contributed by atoms with Crippen LogP contribution >= 0.6 is 0 Å². The van der Waals surface area contributed by atoms with Crippen molar-refractivity contribution in [3.63, 3.8) is 0 Å². The lowest BCUT2D eigenvalue weighted by Crippen LogP contribution is -2.46. The molecule has 0 amide bonds. The highest BCUT2D eigenvalue weighted by Gasteiger charge is 2.42. The van der Waals surface area contributed by atoms with E-state index in [4.69, 9.17) is 0 Å². The van der Waals surface area contributed by atoms with Crippen molar-refractivity contribution in [2.24, 2.45) is 0 Å². The molecule has 0 saturated carbocycles. The van der Waals surface area contributed by atoms with Crippen LogP contribution in [0.25, 0.3) is 0 Å². The first-order valence-corrected chi connectivity index (χ1v) is 11.3. The van der Waals surface area contributed by atoms with Gasteiger partial charge in [0.15, 0.2) is 0 Å². The van der Waals surface area contributed by atoms with Gasteiger partial charge in [-0.15, -0.1) is 0 Å². The summed E-state index contributed by atoms with van der Waals surface area (Å²) in [6.07, 6.45) is 5.30. The minimum absolute atomic E-state index is 0.455. The van der Waals surface area contributed by atoms with E-state index in [0.717, 1.165) is 23.6 Å². The molecule has 0 spiro atoms. The van der Waals surface area contributed by atoms with Crippen molar-refractivity contribution in [3.05, 3.63) is 130 Å². The minimum atomic E-state index is -0.848. The van der Waals surface area contributed by atoms with Crippen LogP contribution in [-0.2, 0) is 16.3 Å². The van der Waals surface area contributed by atoms with Crippen molar-refractivity contribution in [2.45, 2.75) is 12.0 Å². The Hall–Kier alpha value is -2.91. The van der Waals surface area contributed by atoms with Crippen LogP contribution in [-0.4, -0.2) is 21.4 Å². The molecule has 0 N–H and O–H groups in total. The van der Waals surface area contributed by atoms with Crippen molar-refractivity contribution in [3.8, 4) is 0 Å². The summed E-state index contributed by atoms with van der Waals surface area (Å²) < 4.78 is 12.4. The van der Waals surface area contributed by atoms with Gasteiger partial charge in [0, 0.05) is 23.4 Å². The summed E-state index contributed by atoms with van der Waals surface area (Å²) in [5.41, 5.74) is 4.44. The number of fused-ring (bicyclic) bond motifs is 1. The predicted octanol–water partition coefficient (Wildman–Crippen LogP) is 5.21. The average Bonchev–Trinajstić information content (AvgIpc) is 3.17. The van der Waals surface area contributed by atoms with E-state index in [2.05, 4.69) is 108 Å². The zero-order chi connectivity index (χ0) is 19.7. The molecule has 2 aliphatic rings. The smallest absolute Gasteiger partial charge is 0.116 e. The third-order valence-corrected chi connectivity index (χ3v) is 7.40. The van der Waals surface area contributed by atoms with Crippen molar-refractivity contribution < 1.29 is 4.21 Å². The van der Waals surface area contributed by atoms with Crippen molar-refractivity contribution in [2.75, 3.05) is 12.3 Å². The van der Waals surface area contributed by atoms with Gasteiger partial charge in [0.1, 0.15) is 5.54 Å². The van der Waals surface area contributed by atoms with E-state index in [-0.39, 0.29) is 0 Å². The molecule has 2 nitrogen and oxygen atoms in total. The standard InChI is InChI=1S/C26H23NOS/c28-29-19-17-21-20-27(18-16-25(21)29)26(22-10-4-1-5-11-22,23-12-6-2-7-13-23)24-14-8-3-9-15-24/h1-16,20H,17-19H2. The SMILES string of the molecule is O=S1CCC2=CN(C(c3ccccc3)(c3ccccc3)c3ccccc3)CC=C21. The first kappa shape index (κ1) is 18.1. The molecule has 0 aromatic heterocycles. The van der Waals surface area contributed by atoms with Gasteiger partial charge < -0.3 is 4.90 Å². The van der Waals surface area contributed by atoms with Crippen LogP contribution < -0.4 is 0 Å². The van der Waals surface area contributed by atoms with Gasteiger partial charge in [-0.3, -0.25) is 4.21 Å². The Bertz CT molecular complexity index is 991. The molecule has 1 unspecified atom stereocenters. The molecular weight excluding hydrogens is 374 g/mol. The fourth-order valence-corrected chi connectivity index (χ4v) is 5.96. The lowest BCUT2D eigenvalue weighted by Gasteiger charge is -2.46. The van der Waals surface area contributed by atoms with Crippen LogP contribution in [0.5, 0.6) is 0 Å². The van der Waals surface area contributed by atoms with E-state index in [1.54, 1.807) is 0 Å². The molecule has 2 heterocycles. The second kappa shape index (κ2) is 7.49. The highest BCUT2D eigenvalue weighted by atomic mass is 32.2. The third-order valence-electron chi connectivity index (χ3n) is 5.91. The van der Waals surface area contributed by atoms with Gasteiger partial charge in [0.2, 0.25) is 0 Å². The molecule has 3 heteroatoms. The number of benzene rings is 3. The van der Waals surface area contributed by atoms with Crippen LogP contribution in [0.1, 0.15) is 23.1 Å². The second-order valence-corrected chi connectivity index (χ2v) is 9.02. The molecule has 3 aromatic rings. The van der Waals surface area contributed by atoms with Gasteiger partial charge >= 0.3 is 0 Å². The van der Waals surface area contributed by atoms with E-state index < -0.39 is 16.3 Å². The normalized spacial score (nSPS) is 18.8. The van der Waals surface area contributed by atoms with Gasteiger partial charge in [-0.25, -0.2) is 0 Å². The van der Waals surface area contributed by atoms with Crippen LogP contribution in [0.15, 0.2) is 114 Å². The number of rotatable bonds is 4. The summed E-state index contributed by atoms with van der Waals surface area (Å²) in [7, 11) is -0.848. The lowest BCUT2D eigenvalue weighted by molar-refractivity contribution is 0.250. The first-order valence-electron chi connectivity index (χ1n) is 10.0. The molecule has 0 aliphatic carbocycles. The predicted molar refractivity (Wildman–Crippen MR) is 120 cm³/mol. The zero-order valence-electron chi connectivity index (χ0n) is 16.2. The fourth-order valence-electron chi connectivity index (χ4n) is 4.63. The van der Waals surface area contributed by atoms with Gasteiger partial charge in [-0.1, -0.05) is 91.0 Å². The quantitative estimate of drug-likeness (QED) is 0.563. The number of hydrogen-bond donors (Lipinski definition) is 0. The molecular formula is C26H23NOS. The Labute approximate surface area is 174 Å². The highest BCUT2D eigenvalue weighted by molar-refractivity contribution is 7.89. The summed E-state index contributed by atoms with van der Waals surface area (Å²) in [5, 5.41) is 0. The fraction of sp³-hybridized carbons (Fsp3) is 0.154. The Morgan fingerprint density at radius 2 is 1.21 bits per heavy atom. The summed E-state index contributed by atoms with van der Waals surface area (Å²) in [6, 6.07) is 32.1. The number of nitrogens with zero attached hydrogens (tertiary/aromatic N) is 1. The van der Waals surface area contributed by atoms with E-state index in [0.29, 0.717) is 0 Å². The van der Waals surface area contributed by atoms with E-state index in [1.165, 1.54) is 22.3 Å². The molecule has 3 aromatic carbocycles. The lowest BCUT2D eigenvalue weighted by atomic mass is 9.75. The average molecular weight is 398 g/mol. The van der Waals surface area contributed by atoms with E-state index in [1.807, 2.05) is 0 Å². The Balaban J connectivity index is 1.79. The Kier molecular flexibility index (Phi) is 4.69. The van der Waals surface area contributed by atoms with Crippen LogP contribution in [0, 0.1) is 0 Å². The maximum Gasteiger partial charge on any atom is 0.116 e. The molecule has 5 rings (SSSR count). The summed E-state index contributed by atoms with van der Waals surface area (Å²) >= 11 is 0. The van der Waals surface area contributed by atoms with E-state index >= 15 is 0 Å². The molecule has 1 saturated heterocycles. The minimum Gasteiger partial charge on any atom is -0.356 e. The van der Waals surface area contributed by atoms with Crippen LogP contribution in [0.3, 0.4) is 0 Å². The van der Waals surface area contributed by atoms with Crippen molar-refractivity contribution >= 4 is 10.8 Å². The monoisotopic (exact) mass is 397 g/mol. The molecule has 1 fully saturated rings. The largest absolute Gasteiger partial charge is 0.356 e. The first-order chi connectivity index (χ1) is 14.3. The van der Waals surface area contributed by atoms with Gasteiger partial charge in [0.25, 0.3) is 0 Å². The topological polar surface area (TPSA) is 20.3 Å². The number of allylic oxidation sites excluding steroid dienone is 1. The van der Waals surface area contributed by atoms with Crippen molar-refractivity contribution in [1.29, 1.82) is 0 Å². The van der Waals surface area contributed by atoms with Gasteiger partial charge in [0.05, 0.1) is 10.8 Å².